The Labute approximate surface area is 88.3 Å². The fraction of sp³-hybridized carbons (Fsp3) is 0.600. The Hall–Kier alpha value is -1.36. The third kappa shape index (κ3) is 1.87. The first-order valence-electron chi connectivity index (χ1n) is 5.24. The number of rotatable bonds is 2. The van der Waals surface area contributed by atoms with Gasteiger partial charge in [-0.05, 0) is 12.3 Å². The second kappa shape index (κ2) is 4.02. The lowest BCUT2D eigenvalue weighted by atomic mass is 10.0. The zero-order valence-corrected chi connectivity index (χ0v) is 8.81. The summed E-state index contributed by atoms with van der Waals surface area (Å²) in [7, 11) is 0. The van der Waals surface area contributed by atoms with Gasteiger partial charge in [0, 0.05) is 25.2 Å². The molecule has 2 heterocycles. The van der Waals surface area contributed by atoms with Crippen LogP contribution in [0.2, 0.25) is 0 Å². The van der Waals surface area contributed by atoms with Crippen LogP contribution < -0.4 is 16.2 Å². The molecule has 5 nitrogen and oxygen atoms in total. The predicted molar refractivity (Wildman–Crippen MR) is 58.8 cm³/mol. The lowest BCUT2D eigenvalue weighted by Gasteiger charge is -2.26. The van der Waals surface area contributed by atoms with Gasteiger partial charge < -0.3 is 15.6 Å². The van der Waals surface area contributed by atoms with Crippen molar-refractivity contribution in [2.24, 2.45) is 11.7 Å². The molecule has 82 valence electrons. The van der Waals surface area contributed by atoms with Crippen molar-refractivity contribution in [3.05, 3.63) is 22.7 Å². The van der Waals surface area contributed by atoms with Crippen LogP contribution in [-0.4, -0.2) is 29.1 Å². The summed E-state index contributed by atoms with van der Waals surface area (Å²) in [5.74, 6) is 1.30. The maximum Gasteiger partial charge on any atom is 0.252 e. The summed E-state index contributed by atoms with van der Waals surface area (Å²) >= 11 is 0. The van der Waals surface area contributed by atoms with Crippen LogP contribution in [0.5, 0.6) is 0 Å². The highest BCUT2D eigenvalue weighted by molar-refractivity contribution is 5.40. The van der Waals surface area contributed by atoms with Crippen LogP contribution in [0.15, 0.2) is 17.2 Å². The molecule has 1 saturated heterocycles. The van der Waals surface area contributed by atoms with E-state index in [4.69, 9.17) is 5.73 Å². The van der Waals surface area contributed by atoms with E-state index >= 15 is 0 Å². The number of aromatic amines is 1. The van der Waals surface area contributed by atoms with Crippen molar-refractivity contribution in [3.8, 4) is 0 Å². The summed E-state index contributed by atoms with van der Waals surface area (Å²) in [6.45, 7) is 3.72. The Kier molecular flexibility index (Phi) is 2.73. The molecule has 1 fully saturated rings. The van der Waals surface area contributed by atoms with Crippen LogP contribution in [0.1, 0.15) is 13.3 Å². The van der Waals surface area contributed by atoms with Crippen molar-refractivity contribution in [3.63, 3.8) is 0 Å². The molecule has 0 bridgehead atoms. The van der Waals surface area contributed by atoms with Crippen molar-refractivity contribution in [2.45, 2.75) is 19.4 Å². The van der Waals surface area contributed by atoms with E-state index in [0.29, 0.717) is 18.5 Å². The summed E-state index contributed by atoms with van der Waals surface area (Å²) in [6.07, 6.45) is 2.55. The van der Waals surface area contributed by atoms with Crippen LogP contribution in [0.3, 0.4) is 0 Å². The van der Waals surface area contributed by atoms with Crippen molar-refractivity contribution in [2.75, 3.05) is 18.0 Å². The Balaban J connectivity index is 2.27. The van der Waals surface area contributed by atoms with Crippen LogP contribution in [0.25, 0.3) is 0 Å². The van der Waals surface area contributed by atoms with Gasteiger partial charge in [0.1, 0.15) is 5.82 Å². The van der Waals surface area contributed by atoms with E-state index in [1.807, 2.05) is 0 Å². The lowest BCUT2D eigenvalue weighted by Crippen LogP contribution is -2.39. The zero-order chi connectivity index (χ0) is 10.8. The summed E-state index contributed by atoms with van der Waals surface area (Å²) in [5.41, 5.74) is 5.62. The summed E-state index contributed by atoms with van der Waals surface area (Å²) in [6, 6.07) is 1.83. The number of anilines is 1. The Morgan fingerprint density at radius 3 is 3.20 bits per heavy atom. The minimum Gasteiger partial charge on any atom is -0.352 e. The number of hydrogen-bond donors (Lipinski definition) is 2. The first-order valence-corrected chi connectivity index (χ1v) is 5.24. The smallest absolute Gasteiger partial charge is 0.252 e. The van der Waals surface area contributed by atoms with Gasteiger partial charge in [-0.15, -0.1) is 0 Å². The van der Waals surface area contributed by atoms with Gasteiger partial charge >= 0.3 is 0 Å². The Morgan fingerprint density at radius 1 is 1.73 bits per heavy atom. The molecule has 5 heteroatoms. The molecule has 0 saturated carbocycles. The quantitative estimate of drug-likeness (QED) is 0.714. The molecule has 0 aromatic carbocycles. The molecule has 1 aromatic heterocycles. The van der Waals surface area contributed by atoms with Gasteiger partial charge in [-0.1, -0.05) is 6.92 Å². The van der Waals surface area contributed by atoms with Crippen LogP contribution in [-0.2, 0) is 0 Å². The van der Waals surface area contributed by atoms with Gasteiger partial charge in [-0.2, -0.15) is 0 Å². The SMILES string of the molecule is CC1CCN(c2cc(=O)[nH]cn2)C1CN. The normalized spacial score (nSPS) is 25.9. The molecule has 1 aliphatic rings. The molecular weight excluding hydrogens is 192 g/mol. The molecule has 1 aliphatic heterocycles. The topological polar surface area (TPSA) is 75.0 Å². The van der Waals surface area contributed by atoms with Crippen molar-refractivity contribution in [1.82, 2.24) is 9.97 Å². The molecule has 0 amide bonds. The van der Waals surface area contributed by atoms with Crippen LogP contribution in [0, 0.1) is 5.92 Å². The van der Waals surface area contributed by atoms with Crippen LogP contribution >= 0.6 is 0 Å². The maximum absolute atomic E-state index is 11.2. The van der Waals surface area contributed by atoms with E-state index in [2.05, 4.69) is 21.8 Å². The highest BCUT2D eigenvalue weighted by Gasteiger charge is 2.30. The fourth-order valence-electron chi connectivity index (χ4n) is 2.17. The third-order valence-electron chi connectivity index (χ3n) is 3.08. The monoisotopic (exact) mass is 208 g/mol. The van der Waals surface area contributed by atoms with Gasteiger partial charge in [0.2, 0.25) is 0 Å². The van der Waals surface area contributed by atoms with Gasteiger partial charge in [-0.3, -0.25) is 4.79 Å². The molecule has 2 rings (SSSR count). The molecule has 0 radical (unpaired) electrons. The largest absolute Gasteiger partial charge is 0.352 e. The molecule has 1 aromatic rings. The number of hydrogen-bond acceptors (Lipinski definition) is 4. The van der Waals surface area contributed by atoms with Crippen molar-refractivity contribution in [1.29, 1.82) is 0 Å². The molecule has 15 heavy (non-hydrogen) atoms. The van der Waals surface area contributed by atoms with Crippen LogP contribution in [0.4, 0.5) is 5.82 Å². The number of H-pyrrole nitrogens is 1. The first kappa shape index (κ1) is 10.2. The summed E-state index contributed by atoms with van der Waals surface area (Å²) in [5, 5.41) is 0. The van der Waals surface area contributed by atoms with Gasteiger partial charge in [0.05, 0.1) is 6.33 Å². The Morgan fingerprint density at radius 2 is 2.53 bits per heavy atom. The molecule has 2 atom stereocenters. The van der Waals surface area contributed by atoms with Gasteiger partial charge in [-0.25, -0.2) is 4.98 Å². The highest BCUT2D eigenvalue weighted by Crippen LogP contribution is 2.26. The molecule has 0 spiro atoms. The first-order chi connectivity index (χ1) is 7.22. The van der Waals surface area contributed by atoms with Gasteiger partial charge in [0.25, 0.3) is 5.56 Å². The second-order valence-corrected chi connectivity index (χ2v) is 4.03. The molecule has 3 N–H and O–H groups in total. The van der Waals surface area contributed by atoms with E-state index in [9.17, 15) is 4.79 Å². The van der Waals surface area contributed by atoms with Gasteiger partial charge in [0.15, 0.2) is 0 Å². The maximum atomic E-state index is 11.2. The lowest BCUT2D eigenvalue weighted by molar-refractivity contribution is 0.517. The van der Waals surface area contributed by atoms with Crippen molar-refractivity contribution < 1.29 is 0 Å². The van der Waals surface area contributed by atoms with E-state index in [1.165, 1.54) is 12.4 Å². The highest BCUT2D eigenvalue weighted by atomic mass is 16.1. The van der Waals surface area contributed by atoms with E-state index in [0.717, 1.165) is 18.8 Å². The average molecular weight is 208 g/mol. The minimum atomic E-state index is -0.115. The number of nitrogens with zero attached hydrogens (tertiary/aromatic N) is 2. The zero-order valence-electron chi connectivity index (χ0n) is 8.81. The Bertz CT molecular complexity index is 389. The van der Waals surface area contributed by atoms with E-state index in [-0.39, 0.29) is 5.56 Å². The summed E-state index contributed by atoms with van der Waals surface area (Å²) < 4.78 is 0. The van der Waals surface area contributed by atoms with E-state index in [1.54, 1.807) is 0 Å². The summed E-state index contributed by atoms with van der Waals surface area (Å²) in [4.78, 5) is 20.0. The standard InChI is InChI=1S/C10H16N4O/c1-7-2-3-14(8(7)5-11)9-4-10(15)13-6-12-9/h4,6-8H,2-3,5,11H2,1H3,(H,12,13,15). The fourth-order valence-corrected chi connectivity index (χ4v) is 2.17. The molecule has 2 unspecified atom stereocenters. The molecule has 0 aliphatic carbocycles. The number of nitrogens with one attached hydrogen (secondary N) is 1. The van der Waals surface area contributed by atoms with E-state index < -0.39 is 0 Å². The predicted octanol–water partition coefficient (Wildman–Crippen LogP) is -0.0566. The van der Waals surface area contributed by atoms with Crippen molar-refractivity contribution >= 4 is 5.82 Å². The number of aromatic nitrogens is 2. The molecular formula is C10H16N4O. The number of nitrogens with two attached hydrogens (primary N) is 1. The second-order valence-electron chi connectivity index (χ2n) is 4.03. The third-order valence-corrected chi connectivity index (χ3v) is 3.08. The average Bonchev–Trinajstić information content (AvgIpc) is 2.59. The minimum absolute atomic E-state index is 0.115.